The number of hydrogen-bond acceptors (Lipinski definition) is 5. The summed E-state index contributed by atoms with van der Waals surface area (Å²) in [5, 5.41) is 13.4. The largest absolute Gasteiger partial charge is 0.444 e. The number of rotatable bonds is 4. The predicted molar refractivity (Wildman–Crippen MR) is 92.8 cm³/mol. The molecule has 0 aliphatic rings. The first-order valence-corrected chi connectivity index (χ1v) is 7.55. The molecule has 2 aromatic rings. The second kappa shape index (κ2) is 7.12. The molecule has 0 saturated carbocycles. The van der Waals surface area contributed by atoms with Gasteiger partial charge in [-0.05, 0) is 26.8 Å². The fraction of sp³-hybridized carbons (Fsp3) is 0.222. The fourth-order valence-corrected chi connectivity index (χ4v) is 2.11. The lowest BCUT2D eigenvalue weighted by atomic mass is 10.0. The van der Waals surface area contributed by atoms with Crippen molar-refractivity contribution in [2.24, 2.45) is 0 Å². The maximum Gasteiger partial charge on any atom is 0.412 e. The van der Waals surface area contributed by atoms with Crippen molar-refractivity contribution in [2.75, 3.05) is 5.32 Å². The van der Waals surface area contributed by atoms with Crippen LogP contribution >= 0.6 is 0 Å². The second-order valence-corrected chi connectivity index (χ2v) is 6.31. The van der Waals surface area contributed by atoms with E-state index in [0.29, 0.717) is 5.56 Å². The lowest BCUT2D eigenvalue weighted by Gasteiger charge is -2.20. The van der Waals surface area contributed by atoms with Gasteiger partial charge >= 0.3 is 6.09 Å². The van der Waals surface area contributed by atoms with Crippen LogP contribution in [0.5, 0.6) is 0 Å². The van der Waals surface area contributed by atoms with E-state index in [2.05, 4.69) is 5.32 Å². The number of hydrogen-bond donors (Lipinski definition) is 1. The molecule has 130 valence electrons. The highest BCUT2D eigenvalue weighted by Gasteiger charge is 2.21. The van der Waals surface area contributed by atoms with Crippen LogP contribution in [0, 0.1) is 10.1 Å². The standard InChI is InChI=1S/C18H18N2O5/c1-18(2,3)25-17(22)19-15-11-13(20(23)24)9-10-14(15)16(21)12-7-5-4-6-8-12/h4-11H,1-3H3,(H,19,22). The van der Waals surface area contributed by atoms with E-state index in [1.165, 1.54) is 12.1 Å². The molecule has 0 unspecified atom stereocenters. The van der Waals surface area contributed by atoms with E-state index in [-0.39, 0.29) is 22.7 Å². The zero-order chi connectivity index (χ0) is 18.6. The highest BCUT2D eigenvalue weighted by Crippen LogP contribution is 2.25. The summed E-state index contributed by atoms with van der Waals surface area (Å²) in [4.78, 5) is 35.1. The smallest absolute Gasteiger partial charge is 0.412 e. The maximum absolute atomic E-state index is 12.7. The molecular formula is C18H18N2O5. The van der Waals surface area contributed by atoms with Crippen molar-refractivity contribution in [3.05, 3.63) is 69.8 Å². The number of amides is 1. The van der Waals surface area contributed by atoms with Crippen molar-refractivity contribution >= 4 is 23.3 Å². The van der Waals surface area contributed by atoms with Gasteiger partial charge in [0.05, 0.1) is 10.6 Å². The topological polar surface area (TPSA) is 98.5 Å². The lowest BCUT2D eigenvalue weighted by Crippen LogP contribution is -2.27. The number of nitrogens with one attached hydrogen (secondary N) is 1. The lowest BCUT2D eigenvalue weighted by molar-refractivity contribution is -0.384. The van der Waals surface area contributed by atoms with Gasteiger partial charge in [0.25, 0.3) is 5.69 Å². The highest BCUT2D eigenvalue weighted by molar-refractivity contribution is 6.13. The van der Waals surface area contributed by atoms with Gasteiger partial charge in [0, 0.05) is 23.3 Å². The average Bonchev–Trinajstić information content (AvgIpc) is 2.53. The van der Waals surface area contributed by atoms with Crippen LogP contribution in [0.3, 0.4) is 0 Å². The maximum atomic E-state index is 12.7. The molecule has 0 fully saturated rings. The molecule has 0 heterocycles. The Morgan fingerprint density at radius 1 is 1.08 bits per heavy atom. The summed E-state index contributed by atoms with van der Waals surface area (Å²) in [7, 11) is 0. The summed E-state index contributed by atoms with van der Waals surface area (Å²) in [6, 6.07) is 12.1. The quantitative estimate of drug-likeness (QED) is 0.511. The number of anilines is 1. The minimum Gasteiger partial charge on any atom is -0.444 e. The molecule has 2 rings (SSSR count). The fourth-order valence-electron chi connectivity index (χ4n) is 2.11. The van der Waals surface area contributed by atoms with Gasteiger partial charge in [-0.25, -0.2) is 4.79 Å². The van der Waals surface area contributed by atoms with Crippen LogP contribution < -0.4 is 5.32 Å². The van der Waals surface area contributed by atoms with Crippen LogP contribution in [0.25, 0.3) is 0 Å². The van der Waals surface area contributed by atoms with Gasteiger partial charge < -0.3 is 4.74 Å². The van der Waals surface area contributed by atoms with Crippen LogP contribution in [-0.4, -0.2) is 22.4 Å². The number of carbonyl (C=O) groups is 2. The molecule has 7 nitrogen and oxygen atoms in total. The number of ketones is 1. The Labute approximate surface area is 144 Å². The molecule has 2 aromatic carbocycles. The number of non-ortho nitro benzene ring substituents is 1. The minimum absolute atomic E-state index is 0.0253. The Balaban J connectivity index is 2.40. The summed E-state index contributed by atoms with van der Waals surface area (Å²) in [6.45, 7) is 5.07. The number of ether oxygens (including phenoxy) is 1. The molecule has 7 heteroatoms. The van der Waals surface area contributed by atoms with Crippen molar-refractivity contribution in [1.82, 2.24) is 0 Å². The van der Waals surface area contributed by atoms with Gasteiger partial charge in [-0.15, -0.1) is 0 Å². The molecule has 25 heavy (non-hydrogen) atoms. The van der Waals surface area contributed by atoms with E-state index < -0.39 is 16.6 Å². The highest BCUT2D eigenvalue weighted by atomic mass is 16.6. The summed E-state index contributed by atoms with van der Waals surface area (Å²) in [5.74, 6) is -0.360. The van der Waals surface area contributed by atoms with E-state index in [0.717, 1.165) is 6.07 Å². The van der Waals surface area contributed by atoms with E-state index in [1.807, 2.05) is 0 Å². The van der Waals surface area contributed by atoms with Crippen molar-refractivity contribution in [1.29, 1.82) is 0 Å². The number of benzene rings is 2. The molecule has 0 aromatic heterocycles. The third-order valence-corrected chi connectivity index (χ3v) is 3.13. The van der Waals surface area contributed by atoms with Crippen LogP contribution in [0.2, 0.25) is 0 Å². The van der Waals surface area contributed by atoms with E-state index in [1.54, 1.807) is 51.1 Å². The SMILES string of the molecule is CC(C)(C)OC(=O)Nc1cc([N+](=O)[O-])ccc1C(=O)c1ccccc1. The zero-order valence-corrected chi connectivity index (χ0v) is 14.1. The van der Waals surface area contributed by atoms with Crippen molar-refractivity contribution in [3.63, 3.8) is 0 Å². The Kier molecular flexibility index (Phi) is 5.17. The first-order chi connectivity index (χ1) is 11.7. The van der Waals surface area contributed by atoms with E-state index in [4.69, 9.17) is 4.74 Å². The Bertz CT molecular complexity index is 810. The average molecular weight is 342 g/mol. The summed E-state index contributed by atoms with van der Waals surface area (Å²) >= 11 is 0. The Morgan fingerprint density at radius 2 is 1.72 bits per heavy atom. The molecular weight excluding hydrogens is 324 g/mol. The zero-order valence-electron chi connectivity index (χ0n) is 14.1. The Morgan fingerprint density at radius 3 is 2.28 bits per heavy atom. The molecule has 0 atom stereocenters. The Hall–Kier alpha value is -3.22. The summed E-state index contributed by atoms with van der Waals surface area (Å²) in [5.41, 5.74) is -0.409. The molecule has 0 aliphatic heterocycles. The monoisotopic (exact) mass is 342 g/mol. The van der Waals surface area contributed by atoms with Gasteiger partial charge in [-0.3, -0.25) is 20.2 Å². The summed E-state index contributed by atoms with van der Waals surface area (Å²) < 4.78 is 5.15. The van der Waals surface area contributed by atoms with Gasteiger partial charge in [-0.2, -0.15) is 0 Å². The molecule has 1 N–H and O–H groups in total. The number of nitro benzene ring substituents is 1. The predicted octanol–water partition coefficient (Wildman–Crippen LogP) is 4.17. The van der Waals surface area contributed by atoms with Crippen molar-refractivity contribution in [2.45, 2.75) is 26.4 Å². The summed E-state index contributed by atoms with van der Waals surface area (Å²) in [6.07, 6.45) is -0.796. The third kappa shape index (κ3) is 4.87. The molecule has 0 aliphatic carbocycles. The molecule has 0 saturated heterocycles. The molecule has 1 amide bonds. The van der Waals surface area contributed by atoms with E-state index >= 15 is 0 Å². The molecule has 0 spiro atoms. The van der Waals surface area contributed by atoms with Gasteiger partial charge in [0.1, 0.15) is 5.60 Å². The number of nitrogens with zero attached hydrogens (tertiary/aromatic N) is 1. The normalized spacial score (nSPS) is 10.8. The van der Waals surface area contributed by atoms with Crippen LogP contribution in [-0.2, 0) is 4.74 Å². The number of nitro groups is 1. The van der Waals surface area contributed by atoms with Crippen LogP contribution in [0.15, 0.2) is 48.5 Å². The van der Waals surface area contributed by atoms with Crippen molar-refractivity contribution in [3.8, 4) is 0 Å². The second-order valence-electron chi connectivity index (χ2n) is 6.31. The minimum atomic E-state index is -0.796. The van der Waals surface area contributed by atoms with Gasteiger partial charge in [0.15, 0.2) is 5.78 Å². The number of carbonyl (C=O) groups excluding carboxylic acids is 2. The molecule has 0 bridgehead atoms. The van der Waals surface area contributed by atoms with E-state index in [9.17, 15) is 19.7 Å². The first-order valence-electron chi connectivity index (χ1n) is 7.55. The van der Waals surface area contributed by atoms with Crippen molar-refractivity contribution < 1.29 is 19.2 Å². The van der Waals surface area contributed by atoms with Crippen LogP contribution in [0.4, 0.5) is 16.2 Å². The van der Waals surface area contributed by atoms with Gasteiger partial charge in [0.2, 0.25) is 0 Å². The third-order valence-electron chi connectivity index (χ3n) is 3.13. The van der Waals surface area contributed by atoms with Gasteiger partial charge in [-0.1, -0.05) is 30.3 Å². The first kappa shape index (κ1) is 18.1. The van der Waals surface area contributed by atoms with Crippen LogP contribution in [0.1, 0.15) is 36.7 Å². The molecule has 0 radical (unpaired) electrons.